The summed E-state index contributed by atoms with van der Waals surface area (Å²) in [6.45, 7) is 0. The van der Waals surface area contributed by atoms with Crippen LogP contribution in [0, 0.1) is 11.2 Å². The molecule has 3 aromatic rings. The molecule has 2 aromatic carbocycles. The summed E-state index contributed by atoms with van der Waals surface area (Å²) in [5.41, 5.74) is 1.13. The zero-order valence-electron chi connectivity index (χ0n) is 8.74. The maximum atomic E-state index is 3.21. The Bertz CT molecular complexity index is 747. The normalized spacial score (nSPS) is 10.4. The summed E-state index contributed by atoms with van der Waals surface area (Å²) in [5.74, 6) is 3.21. The van der Waals surface area contributed by atoms with Crippen LogP contribution in [0.1, 0.15) is 5.56 Å². The number of halogens is 1. The van der Waals surface area contributed by atoms with Gasteiger partial charge in [0.05, 0.1) is 4.70 Å². The fourth-order valence-electron chi connectivity index (χ4n) is 1.92. The molecular weight excluding hydrogens is 359 g/mol. The van der Waals surface area contributed by atoms with Crippen molar-refractivity contribution in [1.82, 2.24) is 0 Å². The number of hydrogen-bond donors (Lipinski definition) is 0. The number of thiophene rings is 1. The first-order valence-corrected chi connectivity index (χ1v) is 9.26. The van der Waals surface area contributed by atoms with Crippen molar-refractivity contribution in [2.45, 2.75) is 0 Å². The molecule has 0 fully saturated rings. The third-order valence-corrected chi connectivity index (χ3v) is 4.69. The fraction of sp³-hybridized carbons (Fsp3) is 0. The van der Waals surface area contributed by atoms with Crippen molar-refractivity contribution in [2.24, 2.45) is 0 Å². The molecule has 0 N–H and O–H groups in total. The molecule has 1 aromatic heterocycles. The molecule has 82 valence electrons. The largest absolute Gasteiger partial charge is 0.134 e. The molecule has 0 atom stereocenters. The van der Waals surface area contributed by atoms with E-state index in [1.807, 2.05) is 11.3 Å². The third kappa shape index (κ3) is 2.05. The Hall–Kier alpha value is -0.700. The predicted molar refractivity (Wildman–Crippen MR) is 87.8 cm³/mol. The van der Waals surface area contributed by atoms with Crippen LogP contribution in [-0.2, 0) is 0 Å². The summed E-state index contributed by atoms with van der Waals surface area (Å²) in [7, 11) is 1.53. The van der Waals surface area contributed by atoms with E-state index >= 15 is 0 Å². The van der Waals surface area contributed by atoms with Crippen molar-refractivity contribution < 1.29 is 0 Å². The summed E-state index contributed by atoms with van der Waals surface area (Å²) in [5, 5.41) is 5.71. The van der Waals surface area contributed by atoms with Gasteiger partial charge in [-0.25, -0.2) is 0 Å². The summed E-state index contributed by atoms with van der Waals surface area (Å²) in [6.07, 6.45) is 0. The van der Waals surface area contributed by atoms with Crippen molar-refractivity contribution in [1.29, 1.82) is 0 Å². The minimum atomic E-state index is 1.13. The van der Waals surface area contributed by atoms with Gasteiger partial charge < -0.3 is 0 Å². The van der Waals surface area contributed by atoms with E-state index in [1.54, 1.807) is 0 Å². The van der Waals surface area contributed by atoms with Gasteiger partial charge in [0.15, 0.2) is 0 Å². The molecule has 0 aliphatic rings. The van der Waals surface area contributed by atoms with Crippen LogP contribution < -0.4 is 0 Å². The van der Waals surface area contributed by atoms with Crippen LogP contribution in [0.15, 0.2) is 42.5 Å². The third-order valence-electron chi connectivity index (χ3n) is 2.63. The maximum Gasteiger partial charge on any atom is 0.0512 e. The minimum Gasteiger partial charge on any atom is -0.134 e. The molecule has 1 heterocycles. The molecule has 0 unspecified atom stereocenters. The Balaban J connectivity index is 2.39. The molecule has 0 spiro atoms. The number of hydrogen-bond acceptors (Lipinski definition) is 2. The lowest BCUT2D eigenvalue weighted by Crippen LogP contribution is -1.72. The van der Waals surface area contributed by atoms with E-state index in [2.05, 4.69) is 74.8 Å². The van der Waals surface area contributed by atoms with E-state index in [9.17, 15) is 0 Å². The number of fused-ring (bicyclic) bond motifs is 3. The van der Waals surface area contributed by atoms with E-state index in [4.69, 9.17) is 0 Å². The van der Waals surface area contributed by atoms with Gasteiger partial charge in [-0.05, 0) is 26.3 Å². The first-order valence-electron chi connectivity index (χ1n) is 5.09. The second-order valence-corrected chi connectivity index (χ2v) is 6.32. The Morgan fingerprint density at radius 2 is 1.82 bits per heavy atom. The highest BCUT2D eigenvalue weighted by Gasteiger charge is 2.06. The van der Waals surface area contributed by atoms with Gasteiger partial charge in [0, 0.05) is 42.2 Å². The minimum absolute atomic E-state index is 1.13. The van der Waals surface area contributed by atoms with Crippen LogP contribution >= 0.6 is 41.5 Å². The molecule has 0 aliphatic carbocycles. The summed E-state index contributed by atoms with van der Waals surface area (Å²) in [4.78, 5) is 0. The van der Waals surface area contributed by atoms with Crippen LogP contribution in [-0.4, -0.2) is 0 Å². The van der Waals surface area contributed by atoms with Crippen LogP contribution in [0.3, 0.4) is 0 Å². The van der Waals surface area contributed by atoms with Gasteiger partial charge in [0.2, 0.25) is 0 Å². The smallest absolute Gasteiger partial charge is 0.0512 e. The molecule has 0 nitrogen and oxygen atoms in total. The second-order valence-electron chi connectivity index (χ2n) is 3.58. The van der Waals surface area contributed by atoms with Crippen molar-refractivity contribution in [3.05, 3.63) is 48.0 Å². The average molecular weight is 366 g/mol. The zero-order valence-corrected chi connectivity index (χ0v) is 12.5. The SMILES string of the molecule is ISC#Cc1cccc2c1sc1ccccc12. The summed E-state index contributed by atoms with van der Waals surface area (Å²) < 4.78 is 2.63. The lowest BCUT2D eigenvalue weighted by atomic mass is 10.1. The van der Waals surface area contributed by atoms with Gasteiger partial charge >= 0.3 is 0 Å². The first-order chi connectivity index (χ1) is 8.40. The second kappa shape index (κ2) is 4.89. The van der Waals surface area contributed by atoms with Gasteiger partial charge in [-0.3, -0.25) is 0 Å². The van der Waals surface area contributed by atoms with Crippen molar-refractivity contribution in [3.8, 4) is 11.2 Å². The quantitative estimate of drug-likeness (QED) is 0.377. The highest BCUT2D eigenvalue weighted by atomic mass is 127. The highest BCUT2D eigenvalue weighted by molar-refractivity contribution is 14.2. The van der Waals surface area contributed by atoms with Crippen molar-refractivity contribution in [2.75, 3.05) is 0 Å². The van der Waals surface area contributed by atoms with E-state index in [0.717, 1.165) is 5.56 Å². The molecule has 3 rings (SSSR count). The average Bonchev–Trinajstić information content (AvgIpc) is 2.75. The van der Waals surface area contributed by atoms with Crippen LogP contribution in [0.2, 0.25) is 0 Å². The van der Waals surface area contributed by atoms with Gasteiger partial charge in [0.25, 0.3) is 0 Å². The van der Waals surface area contributed by atoms with Crippen molar-refractivity contribution in [3.63, 3.8) is 0 Å². The summed E-state index contributed by atoms with van der Waals surface area (Å²) >= 11 is 4.02. The first kappa shape index (κ1) is 11.4. The number of rotatable bonds is 0. The van der Waals surface area contributed by atoms with E-state index < -0.39 is 0 Å². The zero-order chi connectivity index (χ0) is 11.7. The van der Waals surface area contributed by atoms with Gasteiger partial charge in [0.1, 0.15) is 0 Å². The molecule has 0 amide bonds. The van der Waals surface area contributed by atoms with Crippen molar-refractivity contribution >= 4 is 61.6 Å². The van der Waals surface area contributed by atoms with Gasteiger partial charge in [-0.2, -0.15) is 0 Å². The van der Waals surface area contributed by atoms with E-state index in [-0.39, 0.29) is 0 Å². The van der Waals surface area contributed by atoms with Gasteiger partial charge in [-0.1, -0.05) is 36.3 Å². The topological polar surface area (TPSA) is 0 Å². The molecule has 3 heteroatoms. The van der Waals surface area contributed by atoms with Crippen LogP contribution in [0.4, 0.5) is 0 Å². The fourth-order valence-corrected chi connectivity index (χ4v) is 3.57. The Labute approximate surface area is 120 Å². The van der Waals surface area contributed by atoms with Gasteiger partial charge in [-0.15, -0.1) is 11.3 Å². The monoisotopic (exact) mass is 366 g/mol. The van der Waals surface area contributed by atoms with E-state index in [0.29, 0.717) is 0 Å². The summed E-state index contributed by atoms with van der Waals surface area (Å²) in [6, 6.07) is 14.9. The predicted octanol–water partition coefficient (Wildman–Crippen LogP) is 5.45. The Morgan fingerprint density at radius 1 is 1.00 bits per heavy atom. The maximum absolute atomic E-state index is 3.21. The Morgan fingerprint density at radius 3 is 2.71 bits per heavy atom. The Kier molecular flexibility index (Phi) is 3.28. The molecule has 0 saturated heterocycles. The molecule has 0 saturated carbocycles. The van der Waals surface area contributed by atoms with E-state index in [1.165, 1.54) is 29.1 Å². The highest BCUT2D eigenvalue weighted by Crippen LogP contribution is 2.35. The number of benzene rings is 2. The lowest BCUT2D eigenvalue weighted by molar-refractivity contribution is 1.79. The molecule has 0 aliphatic heterocycles. The van der Waals surface area contributed by atoms with Crippen LogP contribution in [0.5, 0.6) is 0 Å². The molecular formula is C14H7IS2. The molecule has 0 radical (unpaired) electrons. The van der Waals surface area contributed by atoms with Crippen LogP contribution in [0.25, 0.3) is 20.2 Å². The molecule has 0 bridgehead atoms. The molecule has 17 heavy (non-hydrogen) atoms. The standard InChI is InChI=1S/C14H7IS2/c15-16-9-8-10-4-3-6-12-11-5-1-2-7-13(11)17-14(10)12/h1-7H. The lowest BCUT2D eigenvalue weighted by Gasteiger charge is -1.93.